The summed E-state index contributed by atoms with van der Waals surface area (Å²) in [5.74, 6) is 0. The molecule has 2 aromatic carbocycles. The number of benzene rings is 2. The van der Waals surface area contributed by atoms with E-state index in [0.29, 0.717) is 0 Å². The second kappa shape index (κ2) is 5.21. The number of hydrogen-bond donors (Lipinski definition) is 1. The van der Waals surface area contributed by atoms with Crippen LogP contribution >= 0.6 is 11.6 Å². The molecular formula is C19H15ClN4. The molecule has 0 radical (unpaired) electrons. The lowest BCUT2D eigenvalue weighted by Crippen LogP contribution is -1.94. The van der Waals surface area contributed by atoms with Crippen LogP contribution in [0.2, 0.25) is 5.02 Å². The predicted molar refractivity (Wildman–Crippen MR) is 96.1 cm³/mol. The van der Waals surface area contributed by atoms with Crippen molar-refractivity contribution in [2.24, 2.45) is 0 Å². The molecule has 1 aliphatic rings. The number of H-pyrrole nitrogens is 1. The van der Waals surface area contributed by atoms with Gasteiger partial charge in [0.25, 0.3) is 0 Å². The van der Waals surface area contributed by atoms with Gasteiger partial charge in [0.2, 0.25) is 0 Å². The Morgan fingerprint density at radius 3 is 2.96 bits per heavy atom. The van der Waals surface area contributed by atoms with Crippen molar-refractivity contribution < 1.29 is 0 Å². The molecule has 0 unspecified atom stereocenters. The van der Waals surface area contributed by atoms with Crippen LogP contribution in [0.15, 0.2) is 48.7 Å². The van der Waals surface area contributed by atoms with Crippen LogP contribution in [0.5, 0.6) is 0 Å². The summed E-state index contributed by atoms with van der Waals surface area (Å²) >= 11 is 6.20. The minimum Gasteiger partial charge on any atom is -0.278 e. The zero-order valence-corrected chi connectivity index (χ0v) is 13.7. The monoisotopic (exact) mass is 334 g/mol. The fourth-order valence-electron chi connectivity index (χ4n) is 3.57. The van der Waals surface area contributed by atoms with E-state index >= 15 is 0 Å². The summed E-state index contributed by atoms with van der Waals surface area (Å²) in [5.41, 5.74) is 6.80. The van der Waals surface area contributed by atoms with Gasteiger partial charge in [-0.15, -0.1) is 0 Å². The van der Waals surface area contributed by atoms with Gasteiger partial charge in [-0.25, -0.2) is 0 Å². The SMILES string of the molecule is Clc1cccc(-c2nn3c(c2-c2ccc4cn[nH]c4c2)CCC3)c1. The molecular weight excluding hydrogens is 320 g/mol. The molecule has 1 N–H and O–H groups in total. The average molecular weight is 335 g/mol. The molecule has 0 spiro atoms. The number of aromatic amines is 1. The van der Waals surface area contributed by atoms with E-state index in [-0.39, 0.29) is 0 Å². The van der Waals surface area contributed by atoms with Crippen LogP contribution < -0.4 is 0 Å². The standard InChI is InChI=1S/C19H15ClN4/c20-15-4-1-3-13(9-15)19-18(17-5-2-8-24(17)23-19)12-6-7-14-11-21-22-16(14)10-12/h1,3-4,6-7,9-11H,2,5,8H2,(H,21,22). The van der Waals surface area contributed by atoms with Crippen LogP contribution in [0, 0.1) is 0 Å². The maximum Gasteiger partial charge on any atom is 0.100 e. The Labute approximate surface area is 144 Å². The highest BCUT2D eigenvalue weighted by Gasteiger charge is 2.24. The maximum absolute atomic E-state index is 6.20. The van der Waals surface area contributed by atoms with Crippen LogP contribution in [0.3, 0.4) is 0 Å². The number of rotatable bonds is 2. The highest BCUT2D eigenvalue weighted by Crippen LogP contribution is 2.38. The first-order chi connectivity index (χ1) is 11.8. The highest BCUT2D eigenvalue weighted by molar-refractivity contribution is 6.30. The molecule has 0 amide bonds. The van der Waals surface area contributed by atoms with Crippen molar-refractivity contribution in [2.45, 2.75) is 19.4 Å². The smallest absolute Gasteiger partial charge is 0.100 e. The number of hydrogen-bond acceptors (Lipinski definition) is 2. The summed E-state index contributed by atoms with van der Waals surface area (Å²) in [4.78, 5) is 0. The Morgan fingerprint density at radius 2 is 2.04 bits per heavy atom. The molecule has 0 bridgehead atoms. The van der Waals surface area contributed by atoms with Crippen molar-refractivity contribution in [3.8, 4) is 22.4 Å². The summed E-state index contributed by atoms with van der Waals surface area (Å²) < 4.78 is 2.14. The van der Waals surface area contributed by atoms with Crippen molar-refractivity contribution in [1.82, 2.24) is 20.0 Å². The van der Waals surface area contributed by atoms with Crippen LogP contribution in [-0.4, -0.2) is 20.0 Å². The number of fused-ring (bicyclic) bond motifs is 2. The number of nitrogens with zero attached hydrogens (tertiary/aromatic N) is 3. The van der Waals surface area contributed by atoms with Gasteiger partial charge in [-0.2, -0.15) is 10.2 Å². The summed E-state index contributed by atoms with van der Waals surface area (Å²) in [5, 5.41) is 13.9. The Bertz CT molecular complexity index is 1060. The highest BCUT2D eigenvalue weighted by atomic mass is 35.5. The van der Waals surface area contributed by atoms with E-state index in [4.69, 9.17) is 16.7 Å². The largest absolute Gasteiger partial charge is 0.278 e. The van der Waals surface area contributed by atoms with Crippen LogP contribution in [0.25, 0.3) is 33.3 Å². The number of aromatic nitrogens is 4. The molecule has 0 aliphatic carbocycles. The maximum atomic E-state index is 6.20. The van der Waals surface area contributed by atoms with Crippen LogP contribution in [0.1, 0.15) is 12.1 Å². The van der Waals surface area contributed by atoms with Gasteiger partial charge in [0.05, 0.1) is 11.7 Å². The molecule has 4 aromatic rings. The minimum atomic E-state index is 0.732. The van der Waals surface area contributed by atoms with Crippen LogP contribution in [0.4, 0.5) is 0 Å². The average Bonchev–Trinajstić information content (AvgIpc) is 3.29. The van der Waals surface area contributed by atoms with Crippen LogP contribution in [-0.2, 0) is 13.0 Å². The Kier molecular flexibility index (Phi) is 3.00. The predicted octanol–water partition coefficient (Wildman–Crippen LogP) is 4.69. The lowest BCUT2D eigenvalue weighted by molar-refractivity contribution is 0.659. The Morgan fingerprint density at radius 1 is 1.08 bits per heavy atom. The van der Waals surface area contributed by atoms with Crippen molar-refractivity contribution in [3.05, 3.63) is 59.4 Å². The van der Waals surface area contributed by atoms with Gasteiger partial charge in [-0.3, -0.25) is 9.78 Å². The topological polar surface area (TPSA) is 46.5 Å². The molecule has 0 fully saturated rings. The van der Waals surface area contributed by atoms with Gasteiger partial charge in [0.15, 0.2) is 0 Å². The van der Waals surface area contributed by atoms with Gasteiger partial charge in [-0.05, 0) is 36.6 Å². The first-order valence-electron chi connectivity index (χ1n) is 8.09. The quantitative estimate of drug-likeness (QED) is 0.578. The second-order valence-corrected chi connectivity index (χ2v) is 6.62. The van der Waals surface area contributed by atoms with E-state index in [1.54, 1.807) is 0 Å². The van der Waals surface area contributed by atoms with E-state index in [2.05, 4.69) is 39.1 Å². The fraction of sp³-hybridized carbons (Fsp3) is 0.158. The summed E-state index contributed by atoms with van der Waals surface area (Å²) in [6.07, 6.45) is 4.06. The minimum absolute atomic E-state index is 0.732. The number of halogens is 1. The first kappa shape index (κ1) is 13.8. The molecule has 4 nitrogen and oxygen atoms in total. The van der Waals surface area contributed by atoms with Crippen molar-refractivity contribution in [3.63, 3.8) is 0 Å². The molecule has 118 valence electrons. The van der Waals surface area contributed by atoms with E-state index in [1.165, 1.54) is 16.8 Å². The van der Waals surface area contributed by atoms with Gasteiger partial charge in [0, 0.05) is 33.8 Å². The normalized spacial score (nSPS) is 13.5. The Balaban J connectivity index is 1.77. The Hall–Kier alpha value is -2.59. The van der Waals surface area contributed by atoms with Gasteiger partial charge in [0.1, 0.15) is 5.69 Å². The van der Waals surface area contributed by atoms with Gasteiger partial charge < -0.3 is 0 Å². The van der Waals surface area contributed by atoms with Crippen molar-refractivity contribution in [1.29, 1.82) is 0 Å². The molecule has 0 saturated carbocycles. The van der Waals surface area contributed by atoms with Crippen molar-refractivity contribution >= 4 is 22.5 Å². The molecule has 1 aliphatic heterocycles. The van der Waals surface area contributed by atoms with Crippen molar-refractivity contribution in [2.75, 3.05) is 0 Å². The lowest BCUT2D eigenvalue weighted by atomic mass is 9.97. The molecule has 0 saturated heterocycles. The summed E-state index contributed by atoms with van der Waals surface area (Å²) in [6.45, 7) is 0.981. The van der Waals surface area contributed by atoms with Gasteiger partial charge >= 0.3 is 0 Å². The zero-order valence-electron chi connectivity index (χ0n) is 13.0. The molecule has 24 heavy (non-hydrogen) atoms. The fourth-order valence-corrected chi connectivity index (χ4v) is 3.76. The third kappa shape index (κ3) is 2.07. The summed E-state index contributed by atoms with van der Waals surface area (Å²) in [7, 11) is 0. The molecule has 0 atom stereocenters. The third-order valence-corrected chi connectivity index (χ3v) is 4.90. The molecule has 3 heterocycles. The van der Waals surface area contributed by atoms with E-state index in [1.807, 2.05) is 24.4 Å². The summed E-state index contributed by atoms with van der Waals surface area (Å²) in [6, 6.07) is 14.3. The van der Waals surface area contributed by atoms with Gasteiger partial charge in [-0.1, -0.05) is 35.9 Å². The van der Waals surface area contributed by atoms with E-state index in [0.717, 1.165) is 46.6 Å². The lowest BCUT2D eigenvalue weighted by Gasteiger charge is -2.06. The third-order valence-electron chi connectivity index (χ3n) is 4.67. The molecule has 5 rings (SSSR count). The molecule has 2 aromatic heterocycles. The van der Waals surface area contributed by atoms with E-state index in [9.17, 15) is 0 Å². The van der Waals surface area contributed by atoms with E-state index < -0.39 is 0 Å². The molecule has 5 heteroatoms. The zero-order chi connectivity index (χ0) is 16.1. The first-order valence-corrected chi connectivity index (χ1v) is 8.46. The number of nitrogens with one attached hydrogen (secondary N) is 1. The second-order valence-electron chi connectivity index (χ2n) is 6.18. The number of aryl methyl sites for hydroxylation is 1.